The molecular weight excluding hydrogens is 304 g/mol. The first-order valence-electron chi connectivity index (χ1n) is 6.93. The van der Waals surface area contributed by atoms with E-state index in [2.05, 4.69) is 0 Å². The number of rotatable bonds is 3. The summed E-state index contributed by atoms with van der Waals surface area (Å²) in [6, 6.07) is 0. The van der Waals surface area contributed by atoms with Crippen LogP contribution in [0.4, 0.5) is 0 Å². The Morgan fingerprint density at radius 1 is 0.818 bits per heavy atom. The van der Waals surface area contributed by atoms with Crippen molar-refractivity contribution in [3.8, 4) is 0 Å². The first-order valence-corrected chi connectivity index (χ1v) is 6.93. The van der Waals surface area contributed by atoms with E-state index >= 15 is 0 Å². The zero-order valence-electron chi connectivity index (χ0n) is 11.8. The molecular formula is C12H22O10. The fourth-order valence-corrected chi connectivity index (χ4v) is 2.51. The van der Waals surface area contributed by atoms with Crippen LogP contribution in [0.3, 0.4) is 0 Å². The Bertz CT molecular complexity index is 352. The average molecular weight is 326 g/mol. The molecule has 10 atom stereocenters. The highest BCUT2D eigenvalue weighted by Gasteiger charge is 2.49. The summed E-state index contributed by atoms with van der Waals surface area (Å²) in [5.41, 5.74) is 0. The molecule has 0 amide bonds. The Hall–Kier alpha value is -0.400. The van der Waals surface area contributed by atoms with Gasteiger partial charge in [0.25, 0.3) is 0 Å². The Morgan fingerprint density at radius 2 is 1.45 bits per heavy atom. The van der Waals surface area contributed by atoms with Crippen molar-refractivity contribution in [3.63, 3.8) is 0 Å². The number of ether oxygens (including phenoxy) is 3. The van der Waals surface area contributed by atoms with Gasteiger partial charge in [0.1, 0.15) is 42.7 Å². The summed E-state index contributed by atoms with van der Waals surface area (Å²) in [5.74, 6) is 0. The van der Waals surface area contributed by atoms with Crippen LogP contribution in [0.15, 0.2) is 0 Å². The Labute approximate surface area is 126 Å². The molecule has 0 aromatic carbocycles. The van der Waals surface area contributed by atoms with Crippen molar-refractivity contribution in [2.75, 3.05) is 6.61 Å². The van der Waals surface area contributed by atoms with Crippen molar-refractivity contribution in [1.29, 1.82) is 0 Å². The lowest BCUT2D eigenvalue weighted by Gasteiger charge is -2.44. The molecule has 2 aliphatic rings. The molecule has 2 aliphatic heterocycles. The second kappa shape index (κ2) is 7.01. The van der Waals surface area contributed by atoms with Crippen molar-refractivity contribution >= 4 is 0 Å². The summed E-state index contributed by atoms with van der Waals surface area (Å²) in [7, 11) is 0. The number of aliphatic hydroxyl groups is 7. The molecule has 2 saturated heterocycles. The molecule has 22 heavy (non-hydrogen) atoms. The van der Waals surface area contributed by atoms with E-state index in [1.165, 1.54) is 6.92 Å². The maximum absolute atomic E-state index is 9.96. The average Bonchev–Trinajstić information content (AvgIpc) is 2.49. The zero-order valence-corrected chi connectivity index (χ0v) is 11.8. The van der Waals surface area contributed by atoms with Gasteiger partial charge in [0.2, 0.25) is 0 Å². The highest BCUT2D eigenvalue weighted by Crippen LogP contribution is 2.28. The van der Waals surface area contributed by atoms with Crippen LogP contribution in [-0.4, -0.2) is 104 Å². The molecule has 7 N–H and O–H groups in total. The summed E-state index contributed by atoms with van der Waals surface area (Å²) < 4.78 is 15.3. The Kier molecular flexibility index (Phi) is 5.72. The monoisotopic (exact) mass is 326 g/mol. The normalized spacial score (nSPS) is 53.5. The van der Waals surface area contributed by atoms with Gasteiger partial charge in [-0.3, -0.25) is 0 Å². The Morgan fingerprint density at radius 3 is 2.05 bits per heavy atom. The molecule has 0 spiro atoms. The predicted molar refractivity (Wildman–Crippen MR) is 67.2 cm³/mol. The van der Waals surface area contributed by atoms with E-state index in [1.54, 1.807) is 0 Å². The van der Waals surface area contributed by atoms with Gasteiger partial charge in [0, 0.05) is 0 Å². The highest BCUT2D eigenvalue weighted by atomic mass is 16.7. The SMILES string of the molecule is C[C@@H]1OC(O)[C@H](O)[C@H](O[C@H]2O[C@H](CO)[C@H](O)[C@H](O)[C@H]2O)[C@H]1O. The first-order chi connectivity index (χ1) is 10.3. The maximum atomic E-state index is 9.96. The van der Waals surface area contributed by atoms with Crippen molar-refractivity contribution in [1.82, 2.24) is 0 Å². The molecule has 10 nitrogen and oxygen atoms in total. The van der Waals surface area contributed by atoms with Crippen LogP contribution in [0.1, 0.15) is 6.92 Å². The minimum absolute atomic E-state index is 0.636. The van der Waals surface area contributed by atoms with Crippen molar-refractivity contribution in [2.45, 2.75) is 68.3 Å². The summed E-state index contributed by atoms with van der Waals surface area (Å²) in [6.07, 6.45) is -14.3. The number of hydrogen-bond donors (Lipinski definition) is 7. The molecule has 0 aromatic heterocycles. The molecule has 130 valence electrons. The van der Waals surface area contributed by atoms with E-state index in [4.69, 9.17) is 19.3 Å². The molecule has 0 bridgehead atoms. The molecule has 0 aromatic rings. The second-order valence-corrected chi connectivity index (χ2v) is 5.51. The fourth-order valence-electron chi connectivity index (χ4n) is 2.51. The number of aliphatic hydroxyl groups excluding tert-OH is 7. The summed E-state index contributed by atoms with van der Waals surface area (Å²) >= 11 is 0. The minimum atomic E-state index is -1.67. The standard InChI is InChI=1S/C12H22O10/c1-3-5(14)10(9(18)11(19)20-3)22-12-8(17)7(16)6(15)4(2-13)21-12/h3-19H,2H2,1H3/t3-,4+,5-,6-,7-,8+,9+,10+,11?,12+/m0/s1. The molecule has 10 heteroatoms. The van der Waals surface area contributed by atoms with Crippen molar-refractivity contribution in [3.05, 3.63) is 0 Å². The zero-order chi connectivity index (χ0) is 16.6. The molecule has 0 aliphatic carbocycles. The van der Waals surface area contributed by atoms with E-state index in [0.717, 1.165) is 0 Å². The van der Waals surface area contributed by atoms with Crippen molar-refractivity contribution < 1.29 is 50.0 Å². The smallest absolute Gasteiger partial charge is 0.187 e. The van der Waals surface area contributed by atoms with Crippen LogP contribution in [0.2, 0.25) is 0 Å². The quantitative estimate of drug-likeness (QED) is 0.269. The molecule has 1 unspecified atom stereocenters. The van der Waals surface area contributed by atoms with Crippen LogP contribution >= 0.6 is 0 Å². The third kappa shape index (κ3) is 3.26. The lowest BCUT2D eigenvalue weighted by atomic mass is 9.97. The van der Waals surface area contributed by atoms with Gasteiger partial charge in [-0.1, -0.05) is 0 Å². The molecule has 2 heterocycles. The lowest BCUT2D eigenvalue weighted by Crippen LogP contribution is -2.63. The predicted octanol–water partition coefficient (Wildman–Crippen LogP) is -4.37. The third-order valence-electron chi connectivity index (χ3n) is 3.94. The molecule has 2 fully saturated rings. The van der Waals surface area contributed by atoms with E-state index in [-0.39, 0.29) is 0 Å². The maximum Gasteiger partial charge on any atom is 0.187 e. The largest absolute Gasteiger partial charge is 0.394 e. The first kappa shape index (κ1) is 17.9. The van der Waals surface area contributed by atoms with Gasteiger partial charge in [0.15, 0.2) is 12.6 Å². The van der Waals surface area contributed by atoms with Crippen LogP contribution in [0.25, 0.3) is 0 Å². The van der Waals surface area contributed by atoms with Crippen LogP contribution < -0.4 is 0 Å². The fraction of sp³-hybridized carbons (Fsp3) is 1.00. The highest BCUT2D eigenvalue weighted by molar-refractivity contribution is 4.92. The van der Waals surface area contributed by atoms with Gasteiger partial charge < -0.3 is 50.0 Å². The van der Waals surface area contributed by atoms with Crippen molar-refractivity contribution in [2.24, 2.45) is 0 Å². The van der Waals surface area contributed by atoms with Crippen LogP contribution in [0, 0.1) is 0 Å². The van der Waals surface area contributed by atoms with Crippen LogP contribution in [-0.2, 0) is 14.2 Å². The van der Waals surface area contributed by atoms with E-state index < -0.39 is 68.0 Å². The van der Waals surface area contributed by atoms with Gasteiger partial charge >= 0.3 is 0 Å². The summed E-state index contributed by atoms with van der Waals surface area (Å²) in [4.78, 5) is 0. The summed E-state index contributed by atoms with van der Waals surface area (Å²) in [5, 5.41) is 67.6. The Balaban J connectivity index is 2.10. The summed E-state index contributed by atoms with van der Waals surface area (Å²) in [6.45, 7) is 0.812. The van der Waals surface area contributed by atoms with E-state index in [1.807, 2.05) is 0 Å². The van der Waals surface area contributed by atoms with Gasteiger partial charge in [0.05, 0.1) is 12.7 Å². The lowest BCUT2D eigenvalue weighted by molar-refractivity contribution is -0.353. The van der Waals surface area contributed by atoms with E-state index in [9.17, 15) is 30.6 Å². The molecule has 2 rings (SSSR count). The topological polar surface area (TPSA) is 169 Å². The molecule has 0 saturated carbocycles. The number of hydrogen-bond acceptors (Lipinski definition) is 10. The minimum Gasteiger partial charge on any atom is -0.394 e. The second-order valence-electron chi connectivity index (χ2n) is 5.51. The van der Waals surface area contributed by atoms with Crippen LogP contribution in [0.5, 0.6) is 0 Å². The van der Waals surface area contributed by atoms with Gasteiger partial charge in [-0.05, 0) is 6.92 Å². The van der Waals surface area contributed by atoms with Gasteiger partial charge in [-0.25, -0.2) is 0 Å². The van der Waals surface area contributed by atoms with Gasteiger partial charge in [-0.15, -0.1) is 0 Å². The van der Waals surface area contributed by atoms with E-state index in [0.29, 0.717) is 0 Å². The third-order valence-corrected chi connectivity index (χ3v) is 3.94. The molecule has 0 radical (unpaired) electrons. The van der Waals surface area contributed by atoms with Gasteiger partial charge in [-0.2, -0.15) is 0 Å².